The Hall–Kier alpha value is -3.29. The minimum Gasteiger partial charge on any atom is -0.368 e. The van der Waals surface area contributed by atoms with Crippen molar-refractivity contribution in [1.29, 1.82) is 0 Å². The van der Waals surface area contributed by atoms with Crippen LogP contribution in [0.15, 0.2) is 42.5 Å². The molecule has 1 aromatic heterocycles. The topological polar surface area (TPSA) is 101 Å². The number of amides is 2. The molecule has 1 aliphatic carbocycles. The van der Waals surface area contributed by atoms with Gasteiger partial charge in [-0.05, 0) is 43.2 Å². The number of rotatable bonds is 6. The number of anilines is 1. The lowest BCUT2D eigenvalue weighted by atomic mass is 9.63. The van der Waals surface area contributed by atoms with Gasteiger partial charge in [0.05, 0.1) is 11.7 Å². The highest BCUT2D eigenvalue weighted by molar-refractivity contribution is 5.94. The summed E-state index contributed by atoms with van der Waals surface area (Å²) in [5, 5.41) is 11.6. The molecule has 1 atom stereocenters. The van der Waals surface area contributed by atoms with Gasteiger partial charge in [-0.25, -0.2) is 4.39 Å². The van der Waals surface area contributed by atoms with Gasteiger partial charge < -0.3 is 16.0 Å². The molecule has 0 saturated heterocycles. The molecule has 1 aliphatic heterocycles. The Kier molecular flexibility index (Phi) is 5.24. The number of likely N-dealkylation sites (N-methyl/N-ethyl adjacent to an activating group) is 1. The van der Waals surface area contributed by atoms with Crippen LogP contribution in [0.3, 0.4) is 0 Å². The molecule has 3 N–H and O–H groups in total. The second kappa shape index (κ2) is 7.85. The Bertz CT molecular complexity index is 1000. The molecule has 1 unspecified atom stereocenters. The van der Waals surface area contributed by atoms with Crippen LogP contribution in [-0.2, 0) is 4.79 Å². The highest BCUT2D eigenvalue weighted by Crippen LogP contribution is 2.47. The van der Waals surface area contributed by atoms with E-state index in [0.29, 0.717) is 24.5 Å². The standard InChI is InChI=1S/C22H24FN5O2/c1-28-18(4-2-5-20(28)29)22(10-3-11-22)13-25-19-9-8-17(26-27-19)15-12-14(21(24)30)6-7-16(15)23/h2,4,6-9,12,18H,3,5,10-11,13H2,1H3,(H2,24,30)(H,25,27). The third-order valence-corrected chi connectivity index (χ3v) is 6.21. The summed E-state index contributed by atoms with van der Waals surface area (Å²) in [5.41, 5.74) is 5.96. The van der Waals surface area contributed by atoms with E-state index in [9.17, 15) is 14.0 Å². The molecule has 2 amide bonds. The molecule has 0 bridgehead atoms. The number of carbonyl (C=O) groups excluding carboxylic acids is 2. The van der Waals surface area contributed by atoms with Crippen LogP contribution >= 0.6 is 0 Å². The van der Waals surface area contributed by atoms with E-state index in [0.717, 1.165) is 19.3 Å². The fourth-order valence-corrected chi connectivity index (χ4v) is 4.26. The van der Waals surface area contributed by atoms with Gasteiger partial charge in [0.2, 0.25) is 11.8 Å². The zero-order valence-electron chi connectivity index (χ0n) is 16.8. The largest absolute Gasteiger partial charge is 0.368 e. The molecule has 4 rings (SSSR count). The van der Waals surface area contributed by atoms with Crippen LogP contribution in [0.4, 0.5) is 10.2 Å². The molecule has 2 aromatic rings. The zero-order valence-corrected chi connectivity index (χ0v) is 16.8. The van der Waals surface area contributed by atoms with Gasteiger partial charge in [-0.1, -0.05) is 18.6 Å². The van der Waals surface area contributed by atoms with Gasteiger partial charge in [-0.15, -0.1) is 10.2 Å². The number of hydrogen-bond donors (Lipinski definition) is 2. The fourth-order valence-electron chi connectivity index (χ4n) is 4.26. The molecule has 2 heterocycles. The van der Waals surface area contributed by atoms with Crippen LogP contribution in [0.1, 0.15) is 36.0 Å². The normalized spacial score (nSPS) is 20.0. The molecular formula is C22H24FN5O2. The lowest BCUT2D eigenvalue weighted by Gasteiger charge is -2.50. The summed E-state index contributed by atoms with van der Waals surface area (Å²) in [7, 11) is 1.86. The Morgan fingerprint density at radius 1 is 1.30 bits per heavy atom. The number of carbonyl (C=O) groups is 2. The van der Waals surface area contributed by atoms with E-state index in [1.807, 2.05) is 18.0 Å². The van der Waals surface area contributed by atoms with Gasteiger partial charge in [-0.2, -0.15) is 0 Å². The number of hydrogen-bond acceptors (Lipinski definition) is 5. The summed E-state index contributed by atoms with van der Waals surface area (Å²) in [4.78, 5) is 25.3. The minimum atomic E-state index is -0.631. The number of nitrogens with zero attached hydrogens (tertiary/aromatic N) is 3. The molecule has 7 nitrogen and oxygen atoms in total. The second-order valence-electron chi connectivity index (χ2n) is 8.01. The van der Waals surface area contributed by atoms with E-state index >= 15 is 0 Å². The van der Waals surface area contributed by atoms with Crippen LogP contribution < -0.4 is 11.1 Å². The van der Waals surface area contributed by atoms with Gasteiger partial charge in [0.1, 0.15) is 11.6 Å². The first-order valence-corrected chi connectivity index (χ1v) is 9.99. The lowest BCUT2D eigenvalue weighted by molar-refractivity contribution is -0.134. The zero-order chi connectivity index (χ0) is 21.3. The molecule has 156 valence electrons. The van der Waals surface area contributed by atoms with Crippen LogP contribution in [0.5, 0.6) is 0 Å². The van der Waals surface area contributed by atoms with E-state index < -0.39 is 11.7 Å². The van der Waals surface area contributed by atoms with Crippen LogP contribution in [-0.4, -0.2) is 46.5 Å². The summed E-state index contributed by atoms with van der Waals surface area (Å²) in [5.74, 6) is -0.419. The maximum Gasteiger partial charge on any atom is 0.248 e. The summed E-state index contributed by atoms with van der Waals surface area (Å²) >= 11 is 0. The van der Waals surface area contributed by atoms with Crippen molar-refractivity contribution in [2.24, 2.45) is 11.1 Å². The maximum absolute atomic E-state index is 14.2. The van der Waals surface area contributed by atoms with Crippen LogP contribution in [0.25, 0.3) is 11.3 Å². The van der Waals surface area contributed by atoms with Crippen LogP contribution in [0.2, 0.25) is 0 Å². The highest BCUT2D eigenvalue weighted by Gasteiger charge is 2.46. The number of aromatic nitrogens is 2. The van der Waals surface area contributed by atoms with Gasteiger partial charge in [0.25, 0.3) is 0 Å². The number of primary amides is 1. The smallest absolute Gasteiger partial charge is 0.248 e. The summed E-state index contributed by atoms with van der Waals surface area (Å²) in [6, 6.07) is 7.36. The number of halogens is 1. The van der Waals surface area contributed by atoms with Crippen molar-refractivity contribution in [3.63, 3.8) is 0 Å². The van der Waals surface area contributed by atoms with Crippen LogP contribution in [0, 0.1) is 11.2 Å². The number of nitrogens with one attached hydrogen (secondary N) is 1. The van der Waals surface area contributed by atoms with E-state index in [2.05, 4.69) is 21.6 Å². The average Bonchev–Trinajstić information content (AvgIpc) is 2.71. The SMILES string of the molecule is CN1C(=O)CC=CC1C1(CNc2ccc(-c3cc(C(N)=O)ccc3F)nn2)CCC1. The van der Waals surface area contributed by atoms with Crippen molar-refractivity contribution < 1.29 is 14.0 Å². The second-order valence-corrected chi connectivity index (χ2v) is 8.01. The molecule has 30 heavy (non-hydrogen) atoms. The molecule has 1 saturated carbocycles. The van der Waals surface area contributed by atoms with Crippen molar-refractivity contribution in [3.8, 4) is 11.3 Å². The third-order valence-electron chi connectivity index (χ3n) is 6.21. The molecule has 2 aliphatic rings. The fraction of sp³-hybridized carbons (Fsp3) is 0.364. The predicted octanol–water partition coefficient (Wildman–Crippen LogP) is 2.75. The van der Waals surface area contributed by atoms with Crippen molar-refractivity contribution >= 4 is 17.6 Å². The van der Waals surface area contributed by atoms with Gasteiger partial charge in [0, 0.05) is 36.6 Å². The van der Waals surface area contributed by atoms with Crippen molar-refractivity contribution in [2.45, 2.75) is 31.7 Å². The Balaban J connectivity index is 1.48. The summed E-state index contributed by atoms with van der Waals surface area (Å²) in [6.07, 6.45) is 7.74. The van der Waals surface area contributed by atoms with Crippen molar-refractivity contribution in [2.75, 3.05) is 18.9 Å². The van der Waals surface area contributed by atoms with Gasteiger partial charge in [0.15, 0.2) is 0 Å². The Morgan fingerprint density at radius 3 is 2.73 bits per heavy atom. The van der Waals surface area contributed by atoms with Crippen molar-refractivity contribution in [1.82, 2.24) is 15.1 Å². The van der Waals surface area contributed by atoms with E-state index in [4.69, 9.17) is 5.73 Å². The molecule has 0 spiro atoms. The first-order valence-electron chi connectivity index (χ1n) is 9.99. The van der Waals surface area contributed by atoms with Gasteiger partial charge in [-0.3, -0.25) is 9.59 Å². The third kappa shape index (κ3) is 3.65. The Morgan fingerprint density at radius 2 is 2.10 bits per heavy atom. The first-order chi connectivity index (χ1) is 14.4. The number of nitrogens with two attached hydrogens (primary N) is 1. The highest BCUT2D eigenvalue weighted by atomic mass is 19.1. The minimum absolute atomic E-state index is 0.0242. The monoisotopic (exact) mass is 409 g/mol. The lowest BCUT2D eigenvalue weighted by Crippen LogP contribution is -2.55. The summed E-state index contributed by atoms with van der Waals surface area (Å²) in [6.45, 7) is 0.666. The Labute approximate surface area is 174 Å². The van der Waals surface area contributed by atoms with Gasteiger partial charge >= 0.3 is 0 Å². The maximum atomic E-state index is 14.2. The quantitative estimate of drug-likeness (QED) is 0.715. The first kappa shape index (κ1) is 20.0. The summed E-state index contributed by atoms with van der Waals surface area (Å²) < 4.78 is 14.2. The average molecular weight is 409 g/mol. The molecule has 1 fully saturated rings. The number of benzene rings is 1. The molecular weight excluding hydrogens is 385 g/mol. The molecule has 0 radical (unpaired) electrons. The molecule has 8 heteroatoms. The van der Waals surface area contributed by atoms with E-state index in [-0.39, 0.29) is 28.5 Å². The van der Waals surface area contributed by atoms with Crippen molar-refractivity contribution in [3.05, 3.63) is 53.9 Å². The molecule has 1 aromatic carbocycles. The van der Waals surface area contributed by atoms with E-state index in [1.165, 1.54) is 18.2 Å². The predicted molar refractivity (Wildman–Crippen MR) is 111 cm³/mol. The van der Waals surface area contributed by atoms with E-state index in [1.54, 1.807) is 12.1 Å².